The lowest BCUT2D eigenvalue weighted by molar-refractivity contribution is -0.152. The predicted molar refractivity (Wildman–Crippen MR) is 86.8 cm³/mol. The van der Waals surface area contributed by atoms with Crippen LogP contribution >= 0.6 is 0 Å². The Balaban J connectivity index is 2.22. The molecule has 1 saturated carbocycles. The number of carboxylic acids is 1. The van der Waals surface area contributed by atoms with Gasteiger partial charge in [-0.3, -0.25) is 9.59 Å². The number of likely N-dealkylation sites (tertiary alicyclic amines) is 1. The number of hydrogen-bond acceptors (Lipinski definition) is 3. The molecule has 2 rings (SSSR count). The van der Waals surface area contributed by atoms with E-state index in [2.05, 4.69) is 0 Å². The molecule has 2 aliphatic rings. The van der Waals surface area contributed by atoms with Crippen molar-refractivity contribution in [3.05, 3.63) is 12.2 Å². The van der Waals surface area contributed by atoms with Crippen LogP contribution in [-0.2, 0) is 14.4 Å². The van der Waals surface area contributed by atoms with Crippen molar-refractivity contribution in [1.29, 1.82) is 0 Å². The van der Waals surface area contributed by atoms with Crippen molar-refractivity contribution in [3.8, 4) is 0 Å². The molecule has 0 bridgehead atoms. The molecule has 1 amide bonds. The lowest BCUT2D eigenvalue weighted by atomic mass is 9.89. The fourth-order valence-corrected chi connectivity index (χ4v) is 4.03. The van der Waals surface area contributed by atoms with Crippen molar-refractivity contribution in [2.45, 2.75) is 65.0 Å². The number of fused-ring (bicyclic) bond motifs is 1. The minimum atomic E-state index is -0.963. The number of amides is 1. The molecule has 0 aromatic heterocycles. The van der Waals surface area contributed by atoms with Crippen molar-refractivity contribution >= 4 is 17.7 Å². The topological polar surface area (TPSA) is 74.7 Å². The zero-order valence-electron chi connectivity index (χ0n) is 14.2. The molecule has 1 aliphatic carbocycles. The number of carbonyl (C=O) groups is 3. The maximum absolute atomic E-state index is 12.5. The number of nitrogens with zero attached hydrogens (tertiary/aromatic N) is 1. The van der Waals surface area contributed by atoms with Gasteiger partial charge >= 0.3 is 5.97 Å². The molecule has 1 saturated heterocycles. The highest BCUT2D eigenvalue weighted by molar-refractivity contribution is 5.92. The number of allylic oxidation sites excluding steroid dienone is 2. The molecule has 128 valence electrons. The quantitative estimate of drug-likeness (QED) is 0.732. The normalized spacial score (nSPS) is 30.0. The van der Waals surface area contributed by atoms with E-state index < -0.39 is 12.0 Å². The van der Waals surface area contributed by atoms with Crippen LogP contribution in [0.4, 0.5) is 0 Å². The van der Waals surface area contributed by atoms with E-state index in [1.165, 1.54) is 4.90 Å². The number of aliphatic carboxylic acids is 1. The maximum atomic E-state index is 12.5. The van der Waals surface area contributed by atoms with Crippen LogP contribution < -0.4 is 0 Å². The molecular formula is C18H27NO4. The van der Waals surface area contributed by atoms with E-state index in [0.29, 0.717) is 25.7 Å². The molecule has 0 aromatic rings. The first kappa shape index (κ1) is 17.7. The van der Waals surface area contributed by atoms with Crippen LogP contribution in [0.1, 0.15) is 52.9 Å². The zero-order valence-corrected chi connectivity index (χ0v) is 14.2. The third-order valence-corrected chi connectivity index (χ3v) is 5.42. The predicted octanol–water partition coefficient (Wildman–Crippen LogP) is 2.65. The number of rotatable bonds is 7. The van der Waals surface area contributed by atoms with Gasteiger partial charge in [0, 0.05) is 24.8 Å². The first-order chi connectivity index (χ1) is 10.9. The minimum absolute atomic E-state index is 0.0255. The van der Waals surface area contributed by atoms with Gasteiger partial charge in [-0.15, -0.1) is 0 Å². The molecule has 23 heavy (non-hydrogen) atoms. The second kappa shape index (κ2) is 7.28. The summed E-state index contributed by atoms with van der Waals surface area (Å²) >= 11 is 0. The molecular weight excluding hydrogens is 294 g/mol. The highest BCUT2D eigenvalue weighted by Gasteiger charge is 2.54. The van der Waals surface area contributed by atoms with Crippen LogP contribution in [0, 0.1) is 17.8 Å². The summed E-state index contributed by atoms with van der Waals surface area (Å²) in [7, 11) is 0. The van der Waals surface area contributed by atoms with E-state index in [0.717, 1.165) is 6.42 Å². The van der Waals surface area contributed by atoms with Crippen LogP contribution in [0.25, 0.3) is 0 Å². The van der Waals surface area contributed by atoms with E-state index >= 15 is 0 Å². The summed E-state index contributed by atoms with van der Waals surface area (Å²) in [4.78, 5) is 38.0. The van der Waals surface area contributed by atoms with Gasteiger partial charge in [0.1, 0.15) is 11.8 Å². The number of carboxylic acid groups (broad SMARTS) is 1. The molecule has 0 unspecified atom stereocenters. The van der Waals surface area contributed by atoms with E-state index in [1.807, 2.05) is 32.9 Å². The molecule has 2 fully saturated rings. The van der Waals surface area contributed by atoms with Crippen molar-refractivity contribution in [2.75, 3.05) is 0 Å². The summed E-state index contributed by atoms with van der Waals surface area (Å²) in [5, 5.41) is 9.59. The number of carbonyl (C=O) groups excluding carboxylic acids is 2. The van der Waals surface area contributed by atoms with Gasteiger partial charge in [0.05, 0.1) is 0 Å². The summed E-state index contributed by atoms with van der Waals surface area (Å²) in [6, 6.07) is -1.05. The van der Waals surface area contributed by atoms with Gasteiger partial charge in [-0.25, -0.2) is 4.79 Å². The van der Waals surface area contributed by atoms with Crippen LogP contribution in [0.15, 0.2) is 12.2 Å². The third-order valence-electron chi connectivity index (χ3n) is 5.42. The zero-order chi connectivity index (χ0) is 17.1. The van der Waals surface area contributed by atoms with Crippen LogP contribution in [0.3, 0.4) is 0 Å². The maximum Gasteiger partial charge on any atom is 0.326 e. The third kappa shape index (κ3) is 3.33. The molecule has 5 atom stereocenters. The van der Waals surface area contributed by atoms with Crippen LogP contribution in [0.2, 0.25) is 0 Å². The van der Waals surface area contributed by atoms with E-state index in [1.54, 1.807) is 0 Å². The summed E-state index contributed by atoms with van der Waals surface area (Å²) in [5.41, 5.74) is 0. The highest BCUT2D eigenvalue weighted by atomic mass is 16.4. The Kier molecular flexibility index (Phi) is 5.60. The summed E-state index contributed by atoms with van der Waals surface area (Å²) in [5.74, 6) is -1.18. The van der Waals surface area contributed by atoms with Crippen molar-refractivity contribution in [1.82, 2.24) is 4.90 Å². The van der Waals surface area contributed by atoms with Gasteiger partial charge in [-0.05, 0) is 24.7 Å². The number of hydrogen-bond donors (Lipinski definition) is 1. The van der Waals surface area contributed by atoms with Gasteiger partial charge in [-0.1, -0.05) is 39.3 Å². The minimum Gasteiger partial charge on any atom is -0.480 e. The van der Waals surface area contributed by atoms with Gasteiger partial charge in [0.25, 0.3) is 0 Å². The van der Waals surface area contributed by atoms with Gasteiger partial charge in [0.15, 0.2) is 0 Å². The highest BCUT2D eigenvalue weighted by Crippen LogP contribution is 2.44. The fourth-order valence-electron chi connectivity index (χ4n) is 4.03. The second-order valence-corrected chi connectivity index (χ2v) is 6.80. The van der Waals surface area contributed by atoms with Gasteiger partial charge in [-0.2, -0.15) is 0 Å². The first-order valence-corrected chi connectivity index (χ1v) is 8.63. The Morgan fingerprint density at radius 2 is 2.00 bits per heavy atom. The Hall–Kier alpha value is -1.65. The smallest absolute Gasteiger partial charge is 0.326 e. The summed E-state index contributed by atoms with van der Waals surface area (Å²) in [6.45, 7) is 5.83. The summed E-state index contributed by atoms with van der Waals surface area (Å²) < 4.78 is 0. The standard InChI is InChI=1S/C18H27NO4/c1-4-6-7-8-12-13-9-16(21)19(14(13)10-15(12)20)17(18(22)23)11(3)5-2/h6-7,11-14,17H,4-5,8-10H2,1-3H3,(H,22,23)/b7-6-/t11-,12+,13+,14-,17-/m0/s1. The fraction of sp³-hybridized carbons (Fsp3) is 0.722. The van der Waals surface area contributed by atoms with Crippen molar-refractivity contribution in [2.24, 2.45) is 17.8 Å². The van der Waals surface area contributed by atoms with Crippen LogP contribution in [-0.4, -0.2) is 39.7 Å². The molecule has 0 radical (unpaired) electrons. The van der Waals surface area contributed by atoms with Gasteiger partial charge < -0.3 is 10.0 Å². The summed E-state index contributed by atoms with van der Waals surface area (Å²) in [6.07, 6.45) is 6.94. The molecule has 0 aromatic carbocycles. The number of Topliss-reactive ketones (excluding diaryl/α,β-unsaturated/α-hetero) is 1. The largest absolute Gasteiger partial charge is 0.480 e. The van der Waals surface area contributed by atoms with Crippen LogP contribution in [0.5, 0.6) is 0 Å². The molecule has 1 aliphatic heterocycles. The van der Waals surface area contributed by atoms with E-state index in [9.17, 15) is 19.5 Å². The Bertz CT molecular complexity index is 513. The van der Waals surface area contributed by atoms with E-state index in [-0.39, 0.29) is 35.5 Å². The first-order valence-electron chi connectivity index (χ1n) is 8.63. The number of ketones is 1. The lowest BCUT2D eigenvalue weighted by Crippen LogP contribution is -2.50. The van der Waals surface area contributed by atoms with Gasteiger partial charge in [0.2, 0.25) is 5.91 Å². The van der Waals surface area contributed by atoms with E-state index in [4.69, 9.17) is 0 Å². The molecule has 1 heterocycles. The van der Waals surface area contributed by atoms with Crippen molar-refractivity contribution in [3.63, 3.8) is 0 Å². The monoisotopic (exact) mass is 321 g/mol. The molecule has 5 heteroatoms. The average molecular weight is 321 g/mol. The molecule has 5 nitrogen and oxygen atoms in total. The molecule has 1 N–H and O–H groups in total. The lowest BCUT2D eigenvalue weighted by Gasteiger charge is -2.33. The Morgan fingerprint density at radius 1 is 1.30 bits per heavy atom. The Labute approximate surface area is 137 Å². The average Bonchev–Trinajstić information content (AvgIpc) is 2.95. The SMILES string of the molecule is CC/C=C\C[C@H]1C(=O)C[C@H]2[C@@H]1CC(=O)N2[C@H](C(=O)O)[C@@H](C)CC. The Morgan fingerprint density at radius 3 is 2.57 bits per heavy atom. The van der Waals surface area contributed by atoms with Crippen molar-refractivity contribution < 1.29 is 19.5 Å². The second-order valence-electron chi connectivity index (χ2n) is 6.80. The molecule has 0 spiro atoms.